The van der Waals surface area contributed by atoms with Crippen LogP contribution < -0.4 is 5.32 Å². The van der Waals surface area contributed by atoms with Crippen LogP contribution in [0, 0.1) is 0 Å². The molecule has 2 N–H and O–H groups in total. The maximum absolute atomic E-state index is 11.5. The Morgan fingerprint density at radius 2 is 2.06 bits per heavy atom. The molecule has 0 radical (unpaired) electrons. The van der Waals surface area contributed by atoms with Crippen LogP contribution in [0.3, 0.4) is 0 Å². The zero-order valence-electron chi connectivity index (χ0n) is 10.8. The summed E-state index contributed by atoms with van der Waals surface area (Å²) in [6, 6.07) is 9.62. The molecule has 4 heteroatoms. The van der Waals surface area contributed by atoms with Gasteiger partial charge in [-0.2, -0.15) is 0 Å². The molecule has 0 aromatic heterocycles. The number of cyclic esters (lactones) is 1. The van der Waals surface area contributed by atoms with Gasteiger partial charge >= 0.3 is 6.09 Å². The van der Waals surface area contributed by atoms with E-state index < -0.39 is 17.3 Å². The first-order valence-electron chi connectivity index (χ1n) is 6.16. The molecule has 1 aromatic rings. The molecule has 98 valence electrons. The maximum atomic E-state index is 11.5. The fourth-order valence-electron chi connectivity index (χ4n) is 2.50. The number of ether oxygens (including phenoxy) is 1. The number of rotatable bonds is 3. The molecule has 1 aromatic carbocycles. The third-order valence-corrected chi connectivity index (χ3v) is 3.10. The Morgan fingerprint density at radius 3 is 2.61 bits per heavy atom. The van der Waals surface area contributed by atoms with E-state index in [9.17, 15) is 9.90 Å². The normalized spacial score (nSPS) is 24.3. The molecule has 0 saturated carbocycles. The zero-order chi connectivity index (χ0) is 13.2. The van der Waals surface area contributed by atoms with Crippen LogP contribution >= 0.6 is 0 Å². The maximum Gasteiger partial charge on any atom is 0.408 e. The van der Waals surface area contributed by atoms with Crippen molar-refractivity contribution in [2.45, 2.75) is 37.9 Å². The average Bonchev–Trinajstić information content (AvgIpc) is 2.28. The number of benzene rings is 1. The minimum Gasteiger partial charge on any atom is -0.438 e. The molecule has 18 heavy (non-hydrogen) atoms. The Kier molecular flexibility index (Phi) is 3.30. The second-order valence-electron chi connectivity index (χ2n) is 5.42. The van der Waals surface area contributed by atoms with Crippen molar-refractivity contribution in [1.82, 2.24) is 5.32 Å². The van der Waals surface area contributed by atoms with Crippen molar-refractivity contribution in [1.29, 1.82) is 0 Å². The molecule has 2 rings (SSSR count). The summed E-state index contributed by atoms with van der Waals surface area (Å²) >= 11 is 0. The van der Waals surface area contributed by atoms with E-state index in [1.807, 2.05) is 30.3 Å². The predicted molar refractivity (Wildman–Crippen MR) is 68.1 cm³/mol. The lowest BCUT2D eigenvalue weighted by Crippen LogP contribution is -2.48. The highest BCUT2D eigenvalue weighted by atomic mass is 16.6. The van der Waals surface area contributed by atoms with Gasteiger partial charge in [-0.3, -0.25) is 0 Å². The number of hydrogen-bond donors (Lipinski definition) is 2. The Hall–Kier alpha value is -1.55. The minimum absolute atomic E-state index is 0.386. The lowest BCUT2D eigenvalue weighted by atomic mass is 9.80. The van der Waals surface area contributed by atoms with Crippen LogP contribution in [-0.2, 0) is 10.3 Å². The highest BCUT2D eigenvalue weighted by Crippen LogP contribution is 2.38. The van der Waals surface area contributed by atoms with E-state index in [0.717, 1.165) is 5.56 Å². The fourth-order valence-corrected chi connectivity index (χ4v) is 2.50. The second-order valence-corrected chi connectivity index (χ2v) is 5.42. The van der Waals surface area contributed by atoms with Gasteiger partial charge in [0, 0.05) is 19.4 Å². The topological polar surface area (TPSA) is 58.6 Å². The van der Waals surface area contributed by atoms with Crippen LogP contribution in [0.1, 0.15) is 32.3 Å². The fraction of sp³-hybridized carbons (Fsp3) is 0.500. The summed E-state index contributed by atoms with van der Waals surface area (Å²) in [5, 5.41) is 12.7. The summed E-state index contributed by atoms with van der Waals surface area (Å²) < 4.78 is 5.53. The largest absolute Gasteiger partial charge is 0.438 e. The molecular formula is C14H19NO3. The van der Waals surface area contributed by atoms with Gasteiger partial charge in [0.15, 0.2) is 0 Å². The molecule has 0 aliphatic carbocycles. The van der Waals surface area contributed by atoms with Gasteiger partial charge in [-0.05, 0) is 19.4 Å². The van der Waals surface area contributed by atoms with Crippen LogP contribution in [0.15, 0.2) is 30.3 Å². The van der Waals surface area contributed by atoms with Gasteiger partial charge in [0.1, 0.15) is 5.60 Å². The number of hydrogen-bond acceptors (Lipinski definition) is 3. The molecule has 0 spiro atoms. The van der Waals surface area contributed by atoms with Crippen LogP contribution in [0.4, 0.5) is 4.79 Å². The molecular weight excluding hydrogens is 230 g/mol. The Morgan fingerprint density at radius 1 is 1.39 bits per heavy atom. The van der Waals surface area contributed by atoms with Crippen molar-refractivity contribution in [2.24, 2.45) is 0 Å². The summed E-state index contributed by atoms with van der Waals surface area (Å²) in [5.41, 5.74) is -0.697. The van der Waals surface area contributed by atoms with E-state index in [-0.39, 0.29) is 0 Å². The van der Waals surface area contributed by atoms with Crippen LogP contribution in [-0.4, -0.2) is 23.3 Å². The molecule has 1 aliphatic heterocycles. The van der Waals surface area contributed by atoms with Gasteiger partial charge in [-0.25, -0.2) is 4.79 Å². The first kappa shape index (κ1) is 12.9. The van der Waals surface area contributed by atoms with Gasteiger partial charge in [0.25, 0.3) is 0 Å². The second kappa shape index (κ2) is 4.61. The van der Waals surface area contributed by atoms with Crippen LogP contribution in [0.25, 0.3) is 0 Å². The average molecular weight is 249 g/mol. The van der Waals surface area contributed by atoms with Gasteiger partial charge in [0.2, 0.25) is 0 Å². The lowest BCUT2D eigenvalue weighted by molar-refractivity contribution is -0.0745. The van der Waals surface area contributed by atoms with Crippen molar-refractivity contribution in [2.75, 3.05) is 6.54 Å². The number of alkyl carbamates (subject to hydrolysis) is 1. The summed E-state index contributed by atoms with van der Waals surface area (Å²) in [5.74, 6) is 0. The minimum atomic E-state index is -0.895. The SMILES string of the molecule is CC(C)(O)C[C@]1(c2ccccc2)CCNC(=O)O1. The summed E-state index contributed by atoms with van der Waals surface area (Å²) in [4.78, 5) is 11.5. The van der Waals surface area contributed by atoms with Gasteiger partial charge in [0.05, 0.1) is 5.60 Å². The first-order valence-corrected chi connectivity index (χ1v) is 6.16. The third-order valence-electron chi connectivity index (χ3n) is 3.10. The number of carbonyl (C=O) groups excluding carboxylic acids is 1. The van der Waals surface area contributed by atoms with E-state index in [1.165, 1.54) is 0 Å². The van der Waals surface area contributed by atoms with Crippen molar-refractivity contribution < 1.29 is 14.6 Å². The molecule has 4 nitrogen and oxygen atoms in total. The quantitative estimate of drug-likeness (QED) is 0.863. The molecule has 1 heterocycles. The van der Waals surface area contributed by atoms with Gasteiger partial charge in [-0.1, -0.05) is 30.3 Å². The van der Waals surface area contributed by atoms with E-state index in [4.69, 9.17) is 4.74 Å². The Balaban J connectivity index is 2.36. The Labute approximate surface area is 107 Å². The molecule has 1 saturated heterocycles. The smallest absolute Gasteiger partial charge is 0.408 e. The monoisotopic (exact) mass is 249 g/mol. The van der Waals surface area contributed by atoms with Crippen molar-refractivity contribution in [3.8, 4) is 0 Å². The molecule has 1 amide bonds. The number of aliphatic hydroxyl groups is 1. The van der Waals surface area contributed by atoms with E-state index >= 15 is 0 Å². The third kappa shape index (κ3) is 2.82. The molecule has 0 bridgehead atoms. The molecule has 0 unspecified atom stereocenters. The zero-order valence-corrected chi connectivity index (χ0v) is 10.8. The van der Waals surface area contributed by atoms with Crippen molar-refractivity contribution in [3.63, 3.8) is 0 Å². The first-order chi connectivity index (χ1) is 8.41. The molecule has 1 fully saturated rings. The van der Waals surface area contributed by atoms with Gasteiger partial charge in [-0.15, -0.1) is 0 Å². The summed E-state index contributed by atoms with van der Waals surface area (Å²) in [6.07, 6.45) is 0.624. The number of nitrogens with one attached hydrogen (secondary N) is 1. The molecule has 1 aliphatic rings. The van der Waals surface area contributed by atoms with Crippen LogP contribution in [0.2, 0.25) is 0 Å². The van der Waals surface area contributed by atoms with Crippen molar-refractivity contribution >= 4 is 6.09 Å². The summed E-state index contributed by atoms with van der Waals surface area (Å²) in [6.45, 7) is 4.02. The highest BCUT2D eigenvalue weighted by Gasteiger charge is 2.42. The van der Waals surface area contributed by atoms with E-state index in [2.05, 4.69) is 5.32 Å². The number of amides is 1. The highest BCUT2D eigenvalue weighted by molar-refractivity contribution is 5.69. The van der Waals surface area contributed by atoms with Crippen LogP contribution in [0.5, 0.6) is 0 Å². The Bertz CT molecular complexity index is 424. The lowest BCUT2D eigenvalue weighted by Gasteiger charge is -2.40. The summed E-state index contributed by atoms with van der Waals surface area (Å²) in [7, 11) is 0. The van der Waals surface area contributed by atoms with E-state index in [0.29, 0.717) is 19.4 Å². The predicted octanol–water partition coefficient (Wildman–Crippen LogP) is 2.17. The van der Waals surface area contributed by atoms with Gasteiger partial charge < -0.3 is 15.2 Å². The molecule has 1 atom stereocenters. The standard InChI is InChI=1S/C14H19NO3/c1-13(2,17)10-14(8-9-15-12(16)18-14)11-6-4-3-5-7-11/h3-7,17H,8-10H2,1-2H3,(H,15,16)/t14-/m0/s1. The van der Waals surface area contributed by atoms with E-state index in [1.54, 1.807) is 13.8 Å². The van der Waals surface area contributed by atoms with Crippen molar-refractivity contribution in [3.05, 3.63) is 35.9 Å². The number of carbonyl (C=O) groups is 1.